The lowest BCUT2D eigenvalue weighted by molar-refractivity contribution is -0.384. The second-order valence-electron chi connectivity index (χ2n) is 6.36. The molecule has 9 heteroatoms. The van der Waals surface area contributed by atoms with Crippen molar-refractivity contribution < 1.29 is 19.2 Å². The van der Waals surface area contributed by atoms with Gasteiger partial charge in [-0.05, 0) is 30.3 Å². The number of ether oxygens (including phenoxy) is 1. The first-order chi connectivity index (χ1) is 13.4. The Morgan fingerprint density at radius 3 is 2.86 bits per heavy atom. The number of non-ortho nitro benzene ring substituents is 1. The van der Waals surface area contributed by atoms with Crippen molar-refractivity contribution >= 4 is 45.8 Å². The van der Waals surface area contributed by atoms with Gasteiger partial charge in [-0.25, -0.2) is 4.79 Å². The quantitative estimate of drug-likeness (QED) is 0.409. The zero-order valence-corrected chi connectivity index (χ0v) is 15.2. The summed E-state index contributed by atoms with van der Waals surface area (Å²) >= 11 is 5.95. The maximum absolute atomic E-state index is 12.6. The van der Waals surface area contributed by atoms with Gasteiger partial charge in [-0.1, -0.05) is 17.7 Å². The van der Waals surface area contributed by atoms with Crippen LogP contribution in [0.2, 0.25) is 5.02 Å². The highest BCUT2D eigenvalue weighted by Gasteiger charge is 2.36. The summed E-state index contributed by atoms with van der Waals surface area (Å²) in [6.07, 6.45) is -0.638. The summed E-state index contributed by atoms with van der Waals surface area (Å²) in [6, 6.07) is 12.6. The standard InChI is InChI=1S/C19H14ClN3O5/c20-12-4-5-15-11(8-12)9-16(21-15)19(25)28-17-6-7-22(18(17)24)13-2-1-3-14(10-13)23(26)27/h1-5,8-10,17,21H,6-7H2. The monoisotopic (exact) mass is 399 g/mol. The molecular formula is C19H14ClN3O5. The van der Waals surface area contributed by atoms with Crippen molar-refractivity contribution in [3.05, 3.63) is 69.4 Å². The molecule has 2 aromatic carbocycles. The second-order valence-corrected chi connectivity index (χ2v) is 6.80. The predicted molar refractivity (Wildman–Crippen MR) is 103 cm³/mol. The number of carbonyl (C=O) groups excluding carboxylic acids is 2. The number of benzene rings is 2. The molecule has 1 fully saturated rings. The van der Waals surface area contributed by atoms with E-state index in [1.165, 1.54) is 23.1 Å². The van der Waals surface area contributed by atoms with Gasteiger partial charge in [0.15, 0.2) is 6.10 Å². The summed E-state index contributed by atoms with van der Waals surface area (Å²) in [6.45, 7) is 0.306. The number of aromatic nitrogens is 1. The number of esters is 1. The fourth-order valence-electron chi connectivity index (χ4n) is 3.20. The minimum absolute atomic E-state index is 0.109. The maximum atomic E-state index is 12.6. The summed E-state index contributed by atoms with van der Waals surface area (Å²) in [5.41, 5.74) is 1.24. The SMILES string of the molecule is O=C(OC1CCN(c2cccc([N+](=O)[O-])c2)C1=O)c1cc2cc(Cl)ccc2[nH]1. The highest BCUT2D eigenvalue weighted by molar-refractivity contribution is 6.31. The number of nitro benzene ring substituents is 1. The van der Waals surface area contributed by atoms with Gasteiger partial charge < -0.3 is 14.6 Å². The van der Waals surface area contributed by atoms with E-state index in [2.05, 4.69) is 4.98 Å². The lowest BCUT2D eigenvalue weighted by Gasteiger charge is -2.16. The number of rotatable bonds is 4. The molecule has 1 N–H and O–H groups in total. The Bertz CT molecular complexity index is 1110. The molecule has 2 heterocycles. The lowest BCUT2D eigenvalue weighted by Crippen LogP contribution is -2.32. The van der Waals surface area contributed by atoms with Crippen LogP contribution in [0.15, 0.2) is 48.5 Å². The number of nitrogens with zero attached hydrogens (tertiary/aromatic N) is 2. The smallest absolute Gasteiger partial charge is 0.355 e. The van der Waals surface area contributed by atoms with Gasteiger partial charge in [-0.2, -0.15) is 0 Å². The van der Waals surface area contributed by atoms with Gasteiger partial charge in [-0.15, -0.1) is 0 Å². The number of H-pyrrole nitrogens is 1. The summed E-state index contributed by atoms with van der Waals surface area (Å²) < 4.78 is 5.37. The van der Waals surface area contributed by atoms with E-state index < -0.39 is 22.9 Å². The molecule has 0 radical (unpaired) electrons. The number of nitro groups is 1. The minimum atomic E-state index is -0.943. The van der Waals surface area contributed by atoms with Crippen molar-refractivity contribution in [2.45, 2.75) is 12.5 Å². The van der Waals surface area contributed by atoms with E-state index in [0.717, 1.165) is 10.9 Å². The Morgan fingerprint density at radius 2 is 2.07 bits per heavy atom. The highest BCUT2D eigenvalue weighted by atomic mass is 35.5. The van der Waals surface area contributed by atoms with Gasteiger partial charge in [0, 0.05) is 41.0 Å². The van der Waals surface area contributed by atoms with Crippen molar-refractivity contribution in [1.29, 1.82) is 0 Å². The molecule has 28 heavy (non-hydrogen) atoms. The van der Waals surface area contributed by atoms with Crippen LogP contribution < -0.4 is 4.90 Å². The topological polar surface area (TPSA) is 106 Å². The molecule has 1 unspecified atom stereocenters. The number of anilines is 1. The Balaban J connectivity index is 1.49. The van der Waals surface area contributed by atoms with E-state index in [0.29, 0.717) is 23.7 Å². The van der Waals surface area contributed by atoms with Crippen molar-refractivity contribution in [3.8, 4) is 0 Å². The van der Waals surface area contributed by atoms with Crippen LogP contribution in [0.4, 0.5) is 11.4 Å². The molecule has 0 aliphatic carbocycles. The number of carbonyl (C=O) groups is 2. The summed E-state index contributed by atoms with van der Waals surface area (Å²) in [5, 5.41) is 12.2. The highest BCUT2D eigenvalue weighted by Crippen LogP contribution is 2.27. The zero-order chi connectivity index (χ0) is 19.8. The number of hydrogen-bond acceptors (Lipinski definition) is 5. The fourth-order valence-corrected chi connectivity index (χ4v) is 3.38. The van der Waals surface area contributed by atoms with Crippen LogP contribution >= 0.6 is 11.6 Å². The van der Waals surface area contributed by atoms with Crippen molar-refractivity contribution in [1.82, 2.24) is 4.98 Å². The first-order valence-corrected chi connectivity index (χ1v) is 8.85. The number of hydrogen-bond donors (Lipinski definition) is 1. The summed E-state index contributed by atoms with van der Waals surface area (Å²) in [7, 11) is 0. The Labute approximate surface area is 163 Å². The van der Waals surface area contributed by atoms with Gasteiger partial charge in [0.1, 0.15) is 5.69 Å². The molecule has 8 nitrogen and oxygen atoms in total. The molecule has 1 saturated heterocycles. The van der Waals surface area contributed by atoms with Crippen LogP contribution in [-0.4, -0.2) is 34.4 Å². The van der Waals surface area contributed by atoms with E-state index in [1.807, 2.05) is 0 Å². The molecule has 1 atom stereocenters. The molecule has 0 bridgehead atoms. The molecule has 0 saturated carbocycles. The molecule has 1 aromatic heterocycles. The average molecular weight is 400 g/mol. The van der Waals surface area contributed by atoms with E-state index in [9.17, 15) is 19.7 Å². The third-order valence-electron chi connectivity index (χ3n) is 4.56. The van der Waals surface area contributed by atoms with Gasteiger partial charge in [0.25, 0.3) is 11.6 Å². The lowest BCUT2D eigenvalue weighted by atomic mass is 10.2. The Kier molecular flexibility index (Phi) is 4.48. The second kappa shape index (κ2) is 6.97. The Morgan fingerprint density at radius 1 is 1.25 bits per heavy atom. The van der Waals surface area contributed by atoms with Gasteiger partial charge in [0.05, 0.1) is 10.6 Å². The normalized spacial score (nSPS) is 16.5. The molecule has 4 rings (SSSR count). The first kappa shape index (κ1) is 18.0. The number of fused-ring (bicyclic) bond motifs is 1. The van der Waals surface area contributed by atoms with Crippen LogP contribution in [0.25, 0.3) is 10.9 Å². The van der Waals surface area contributed by atoms with Crippen LogP contribution in [0.1, 0.15) is 16.9 Å². The fraction of sp³-hybridized carbons (Fsp3) is 0.158. The van der Waals surface area contributed by atoms with Gasteiger partial charge in [0.2, 0.25) is 0 Å². The predicted octanol–water partition coefficient (Wildman–Crippen LogP) is 3.69. The van der Waals surface area contributed by atoms with Crippen LogP contribution in [0, 0.1) is 10.1 Å². The first-order valence-electron chi connectivity index (χ1n) is 8.47. The third-order valence-corrected chi connectivity index (χ3v) is 4.80. The molecule has 1 aliphatic rings. The molecule has 1 amide bonds. The average Bonchev–Trinajstić information content (AvgIpc) is 3.25. The third kappa shape index (κ3) is 3.29. The molecule has 0 spiro atoms. The van der Waals surface area contributed by atoms with E-state index in [-0.39, 0.29) is 11.4 Å². The van der Waals surface area contributed by atoms with E-state index in [1.54, 1.807) is 30.3 Å². The largest absolute Gasteiger partial charge is 0.447 e. The number of amides is 1. The van der Waals surface area contributed by atoms with Crippen molar-refractivity contribution in [2.24, 2.45) is 0 Å². The summed E-state index contributed by atoms with van der Waals surface area (Å²) in [4.78, 5) is 39.8. The number of halogens is 1. The molecule has 1 aliphatic heterocycles. The number of aromatic amines is 1. The van der Waals surface area contributed by atoms with Gasteiger partial charge >= 0.3 is 5.97 Å². The van der Waals surface area contributed by atoms with Crippen LogP contribution in [0.3, 0.4) is 0 Å². The minimum Gasteiger partial charge on any atom is -0.447 e. The zero-order valence-electron chi connectivity index (χ0n) is 14.4. The molecule has 3 aromatic rings. The van der Waals surface area contributed by atoms with Crippen LogP contribution in [-0.2, 0) is 9.53 Å². The molecular weight excluding hydrogens is 386 g/mol. The van der Waals surface area contributed by atoms with Crippen molar-refractivity contribution in [3.63, 3.8) is 0 Å². The number of nitrogens with one attached hydrogen (secondary N) is 1. The molecule has 142 valence electrons. The van der Waals surface area contributed by atoms with E-state index >= 15 is 0 Å². The Hall–Kier alpha value is -3.39. The summed E-state index contributed by atoms with van der Waals surface area (Å²) in [5.74, 6) is -1.06. The maximum Gasteiger partial charge on any atom is 0.355 e. The van der Waals surface area contributed by atoms with Crippen LogP contribution in [0.5, 0.6) is 0 Å². The van der Waals surface area contributed by atoms with Gasteiger partial charge in [-0.3, -0.25) is 14.9 Å². The van der Waals surface area contributed by atoms with Crippen molar-refractivity contribution in [2.75, 3.05) is 11.4 Å². The van der Waals surface area contributed by atoms with E-state index in [4.69, 9.17) is 16.3 Å².